The summed E-state index contributed by atoms with van der Waals surface area (Å²) < 4.78 is 13.0. The Labute approximate surface area is 218 Å². The number of unbranched alkanes of at least 4 members (excludes halogenated alkanes) is 1. The van der Waals surface area contributed by atoms with Crippen LogP contribution in [0.1, 0.15) is 26.7 Å². The molecule has 0 radical (unpaired) electrons. The van der Waals surface area contributed by atoms with E-state index in [2.05, 4.69) is 14.9 Å². The summed E-state index contributed by atoms with van der Waals surface area (Å²) in [5.41, 5.74) is 7.42. The zero-order chi connectivity index (χ0) is 26.3. The van der Waals surface area contributed by atoms with E-state index in [1.807, 2.05) is 63.4 Å². The first-order valence-corrected chi connectivity index (χ1v) is 12.9. The average Bonchev–Trinajstić information content (AvgIpc) is 2.82. The van der Waals surface area contributed by atoms with Crippen molar-refractivity contribution in [3.05, 3.63) is 54.6 Å². The maximum atomic E-state index is 12.9. The zero-order valence-electron chi connectivity index (χ0n) is 21.6. The predicted molar refractivity (Wildman–Crippen MR) is 146 cm³/mol. The van der Waals surface area contributed by atoms with E-state index in [0.717, 1.165) is 30.0 Å². The Morgan fingerprint density at radius 2 is 1.69 bits per heavy atom. The maximum absolute atomic E-state index is 12.9. The molecule has 4 N–H and O–H groups in total. The monoisotopic (exact) mass is 517 g/mol. The Bertz CT molecular complexity index is 932. The molecule has 9 nitrogen and oxygen atoms in total. The molecule has 2 rings (SSSR count). The number of nitrogens with zero attached hydrogens (tertiary/aromatic N) is 2. The Morgan fingerprint density at radius 1 is 1.03 bits per heavy atom. The van der Waals surface area contributed by atoms with Gasteiger partial charge in [0, 0.05) is 42.5 Å². The van der Waals surface area contributed by atoms with Crippen molar-refractivity contribution in [3.63, 3.8) is 0 Å². The number of hydrogen-bond donors (Lipinski definition) is 3. The van der Waals surface area contributed by atoms with Gasteiger partial charge >= 0.3 is 12.1 Å². The fraction of sp³-hybridized carbons (Fsp3) is 0.462. The van der Waals surface area contributed by atoms with Gasteiger partial charge in [-0.2, -0.15) is 0 Å². The molecule has 0 aliphatic rings. The molecule has 2 aromatic rings. The van der Waals surface area contributed by atoms with E-state index in [9.17, 15) is 9.59 Å². The molecule has 0 saturated carbocycles. The summed E-state index contributed by atoms with van der Waals surface area (Å²) in [6.45, 7) is 5.57. The van der Waals surface area contributed by atoms with Crippen molar-refractivity contribution in [1.29, 1.82) is 0 Å². The second-order valence-corrected chi connectivity index (χ2v) is 9.96. The zero-order valence-corrected chi connectivity index (χ0v) is 22.4. The van der Waals surface area contributed by atoms with Gasteiger partial charge in [0.05, 0.1) is 13.2 Å². The number of ether oxygens (including phenoxy) is 2. The van der Waals surface area contributed by atoms with Gasteiger partial charge in [-0.05, 0) is 70.0 Å². The third-order valence-electron chi connectivity index (χ3n) is 5.09. The van der Waals surface area contributed by atoms with Crippen molar-refractivity contribution < 1.29 is 19.1 Å². The molecule has 0 fully saturated rings. The minimum Gasteiger partial charge on any atom is -0.442 e. The van der Waals surface area contributed by atoms with Crippen LogP contribution in [-0.4, -0.2) is 73.9 Å². The molecule has 0 aromatic heterocycles. The van der Waals surface area contributed by atoms with Crippen LogP contribution in [0.5, 0.6) is 0 Å². The smallest absolute Gasteiger partial charge is 0.412 e. The van der Waals surface area contributed by atoms with E-state index in [1.165, 1.54) is 7.11 Å². The highest BCUT2D eigenvalue weighted by Crippen LogP contribution is 2.26. The Hall–Kier alpha value is -2.95. The highest BCUT2D eigenvalue weighted by molar-refractivity contribution is 7.97. The number of urea groups is 1. The lowest BCUT2D eigenvalue weighted by Crippen LogP contribution is -2.48. The lowest BCUT2D eigenvalue weighted by Gasteiger charge is -2.28. The minimum atomic E-state index is -0.615. The van der Waals surface area contributed by atoms with Gasteiger partial charge in [0.15, 0.2) is 0 Å². The first kappa shape index (κ1) is 29.3. The van der Waals surface area contributed by atoms with Crippen LogP contribution in [0.25, 0.3) is 0 Å². The van der Waals surface area contributed by atoms with Gasteiger partial charge in [-0.25, -0.2) is 13.9 Å². The van der Waals surface area contributed by atoms with Crippen molar-refractivity contribution in [2.24, 2.45) is 0 Å². The molecule has 0 heterocycles. The van der Waals surface area contributed by atoms with Crippen LogP contribution < -0.4 is 16.4 Å². The number of para-hydroxylation sites is 2. The van der Waals surface area contributed by atoms with E-state index in [-0.39, 0.29) is 25.2 Å². The molecule has 10 heteroatoms. The van der Waals surface area contributed by atoms with E-state index >= 15 is 0 Å². The number of anilines is 2. The first-order chi connectivity index (χ1) is 17.3. The number of carbonyl (C=O) groups excluding carboxylic acids is 2. The van der Waals surface area contributed by atoms with Crippen molar-refractivity contribution >= 4 is 35.4 Å². The van der Waals surface area contributed by atoms with Crippen molar-refractivity contribution in [2.45, 2.75) is 43.7 Å². The van der Waals surface area contributed by atoms with Gasteiger partial charge < -0.3 is 25.4 Å². The highest BCUT2D eigenvalue weighted by atomic mass is 32.2. The number of rotatable bonds is 14. The highest BCUT2D eigenvalue weighted by Gasteiger charge is 2.22. The molecule has 1 unspecified atom stereocenters. The van der Waals surface area contributed by atoms with Gasteiger partial charge in [0.2, 0.25) is 0 Å². The molecule has 2 aromatic carbocycles. The van der Waals surface area contributed by atoms with Crippen molar-refractivity contribution in [3.8, 4) is 0 Å². The molecule has 0 aliphatic carbocycles. The van der Waals surface area contributed by atoms with Crippen LogP contribution in [0.4, 0.5) is 21.0 Å². The van der Waals surface area contributed by atoms with Crippen LogP contribution >= 0.6 is 11.9 Å². The maximum Gasteiger partial charge on any atom is 0.412 e. The summed E-state index contributed by atoms with van der Waals surface area (Å²) in [5, 5.41) is 5.64. The second-order valence-electron chi connectivity index (χ2n) is 8.71. The third-order valence-corrected chi connectivity index (χ3v) is 6.16. The number of methoxy groups -OCH3 is 1. The van der Waals surface area contributed by atoms with Gasteiger partial charge in [-0.1, -0.05) is 30.3 Å². The molecule has 3 amide bonds. The van der Waals surface area contributed by atoms with E-state index < -0.39 is 12.2 Å². The molecule has 36 heavy (non-hydrogen) atoms. The average molecular weight is 518 g/mol. The predicted octanol–water partition coefficient (Wildman–Crippen LogP) is 4.67. The molecule has 0 saturated heterocycles. The van der Waals surface area contributed by atoms with E-state index in [4.69, 9.17) is 15.2 Å². The number of benzene rings is 2. The minimum absolute atomic E-state index is 0.0120. The topological polar surface area (TPSA) is 109 Å². The standard InChI is InChI=1S/C26H39N5O4S/c1-20(2)28-25(32)31(17-11-10-16-30(3)36-24-15-9-8-14-23(24)27)18-22(19-34-4)35-26(33)29-21-12-6-5-7-13-21/h5-9,12-15,20,22H,10-11,16-19,27H2,1-4H3,(H,28,32)(H,29,33). The molecule has 0 spiro atoms. The normalized spacial score (nSPS) is 11.8. The summed E-state index contributed by atoms with van der Waals surface area (Å²) in [4.78, 5) is 28.0. The van der Waals surface area contributed by atoms with E-state index in [1.54, 1.807) is 29.0 Å². The summed E-state index contributed by atoms with van der Waals surface area (Å²) in [5.74, 6) is 0. The number of amides is 3. The summed E-state index contributed by atoms with van der Waals surface area (Å²) in [7, 11) is 3.56. The molecule has 1 atom stereocenters. The number of nitrogen functional groups attached to an aromatic ring is 1. The summed E-state index contributed by atoms with van der Waals surface area (Å²) in [6.07, 6.45) is 0.463. The quantitative estimate of drug-likeness (QED) is 0.190. The summed E-state index contributed by atoms with van der Waals surface area (Å²) >= 11 is 1.60. The Kier molecular flexibility index (Phi) is 13.0. The molecular formula is C26H39N5O4S. The lowest BCUT2D eigenvalue weighted by atomic mass is 10.2. The van der Waals surface area contributed by atoms with Crippen LogP contribution in [0.2, 0.25) is 0 Å². The van der Waals surface area contributed by atoms with Crippen LogP contribution in [0, 0.1) is 0 Å². The van der Waals surface area contributed by atoms with Crippen LogP contribution in [0.3, 0.4) is 0 Å². The van der Waals surface area contributed by atoms with Gasteiger partial charge in [0.1, 0.15) is 6.10 Å². The van der Waals surface area contributed by atoms with E-state index in [0.29, 0.717) is 12.2 Å². The lowest BCUT2D eigenvalue weighted by molar-refractivity contribution is 0.0300. The molecule has 0 bridgehead atoms. The van der Waals surface area contributed by atoms with Gasteiger partial charge in [-0.15, -0.1) is 0 Å². The third kappa shape index (κ3) is 11.2. The summed E-state index contributed by atoms with van der Waals surface area (Å²) in [6, 6.07) is 16.6. The number of nitrogens with one attached hydrogen (secondary N) is 2. The molecular weight excluding hydrogens is 478 g/mol. The van der Waals surface area contributed by atoms with Crippen molar-refractivity contribution in [2.75, 3.05) is 51.4 Å². The Balaban J connectivity index is 1.90. The van der Waals surface area contributed by atoms with Crippen molar-refractivity contribution in [1.82, 2.24) is 14.5 Å². The SMILES string of the molecule is COCC(CN(CCCCN(C)Sc1ccccc1N)C(=O)NC(C)C)OC(=O)Nc1ccccc1. The molecule has 0 aliphatic heterocycles. The number of carbonyl (C=O) groups is 2. The van der Waals surface area contributed by atoms with Gasteiger partial charge in [-0.3, -0.25) is 5.32 Å². The fourth-order valence-electron chi connectivity index (χ4n) is 3.40. The fourth-order valence-corrected chi connectivity index (χ4v) is 4.27. The van der Waals surface area contributed by atoms with Gasteiger partial charge in [0.25, 0.3) is 0 Å². The largest absolute Gasteiger partial charge is 0.442 e. The number of hydrogen-bond acceptors (Lipinski definition) is 7. The van der Waals surface area contributed by atoms with Crippen LogP contribution in [0.15, 0.2) is 59.5 Å². The Morgan fingerprint density at radius 3 is 2.36 bits per heavy atom. The first-order valence-electron chi connectivity index (χ1n) is 12.1. The second kappa shape index (κ2) is 15.9. The van der Waals surface area contributed by atoms with Crippen LogP contribution in [-0.2, 0) is 9.47 Å². The molecule has 198 valence electrons. The number of nitrogens with two attached hydrogens (primary N) is 1.